The van der Waals surface area contributed by atoms with Crippen LogP contribution in [0.2, 0.25) is 10.0 Å². The van der Waals surface area contributed by atoms with Crippen molar-refractivity contribution >= 4 is 46.6 Å². The minimum atomic E-state index is -0.649. The van der Waals surface area contributed by atoms with Gasteiger partial charge in [0.1, 0.15) is 12.4 Å². The number of nitrogens with zero attached hydrogens (tertiary/aromatic N) is 2. The maximum atomic E-state index is 13.9. The van der Waals surface area contributed by atoms with E-state index in [2.05, 4.69) is 18.8 Å². The Morgan fingerprint density at radius 3 is 2.52 bits per heavy atom. The molecule has 3 aromatic carbocycles. The van der Waals surface area contributed by atoms with E-state index >= 15 is 0 Å². The van der Waals surface area contributed by atoms with E-state index in [9.17, 15) is 9.59 Å². The molecular weight excluding hydrogens is 591 g/mol. The first-order chi connectivity index (χ1) is 20.2. The molecule has 9 heteroatoms. The normalized spacial score (nSPS) is 15.0. The van der Waals surface area contributed by atoms with Gasteiger partial charge in [-0.05, 0) is 72.4 Å². The molecule has 0 fully saturated rings. The molecule has 4 aromatic rings. The Bertz CT molecular complexity index is 1860. The summed E-state index contributed by atoms with van der Waals surface area (Å²) in [7, 11) is 0. The molecule has 42 heavy (non-hydrogen) atoms. The van der Waals surface area contributed by atoms with Crippen molar-refractivity contribution in [3.8, 4) is 5.75 Å². The topological polar surface area (TPSA) is 69.9 Å². The second-order valence-electron chi connectivity index (χ2n) is 10.2. The molecule has 2 heterocycles. The molecule has 1 aromatic heterocycles. The van der Waals surface area contributed by atoms with Gasteiger partial charge in [-0.3, -0.25) is 9.36 Å². The number of aromatic nitrogens is 1. The molecule has 6 nitrogen and oxygen atoms in total. The third kappa shape index (κ3) is 6.24. The van der Waals surface area contributed by atoms with E-state index in [1.807, 2.05) is 60.7 Å². The van der Waals surface area contributed by atoms with E-state index < -0.39 is 12.0 Å². The number of halogens is 2. The predicted molar refractivity (Wildman–Crippen MR) is 168 cm³/mol. The van der Waals surface area contributed by atoms with Crippen molar-refractivity contribution in [3.63, 3.8) is 0 Å². The van der Waals surface area contributed by atoms with E-state index in [1.165, 1.54) is 16.9 Å². The summed E-state index contributed by atoms with van der Waals surface area (Å²) in [4.78, 5) is 32.2. The van der Waals surface area contributed by atoms with Crippen molar-refractivity contribution in [2.24, 2.45) is 4.99 Å². The quantitative estimate of drug-likeness (QED) is 0.203. The van der Waals surface area contributed by atoms with Crippen molar-refractivity contribution in [2.75, 3.05) is 6.61 Å². The standard InChI is InChI=1S/C33H30Cl2N2O4S/c1-5-40-32(39)29-20(4)36-33-37(30(29)24-12-10-23(11-13-24)19(2)3)31(38)28(42-33)17-21-7-6-8-25(15-21)41-18-22-9-14-26(34)27(35)16-22/h6-17,19,30H,5,18H2,1-4H3/b28-17-/t30-/m1/s1. The highest BCUT2D eigenvalue weighted by Crippen LogP contribution is 2.31. The molecule has 0 saturated carbocycles. The lowest BCUT2D eigenvalue weighted by atomic mass is 9.93. The largest absolute Gasteiger partial charge is 0.489 e. The number of thiazole rings is 1. The second kappa shape index (κ2) is 12.7. The van der Waals surface area contributed by atoms with Gasteiger partial charge in [0, 0.05) is 0 Å². The third-order valence-electron chi connectivity index (χ3n) is 6.98. The summed E-state index contributed by atoms with van der Waals surface area (Å²) in [6, 6.07) is 20.2. The Labute approximate surface area is 258 Å². The minimum absolute atomic E-state index is 0.225. The SMILES string of the molecule is CCOC(=O)C1=C(C)N=c2s/c(=C\c3cccc(OCc4ccc(Cl)c(Cl)c4)c3)c(=O)n2[C@@H]1c1ccc(C(C)C)cc1. The summed E-state index contributed by atoms with van der Waals surface area (Å²) in [5.41, 5.74) is 4.35. The van der Waals surface area contributed by atoms with Gasteiger partial charge >= 0.3 is 5.97 Å². The molecule has 1 aliphatic rings. The number of ether oxygens (including phenoxy) is 2. The predicted octanol–water partition coefficient (Wildman–Crippen LogP) is 6.81. The number of rotatable bonds is 8. The van der Waals surface area contributed by atoms with Crippen molar-refractivity contribution in [1.82, 2.24) is 4.57 Å². The fourth-order valence-electron chi connectivity index (χ4n) is 4.81. The molecule has 0 saturated heterocycles. The van der Waals surface area contributed by atoms with Gasteiger partial charge in [0.15, 0.2) is 4.80 Å². The maximum Gasteiger partial charge on any atom is 0.338 e. The highest BCUT2D eigenvalue weighted by Gasteiger charge is 2.33. The van der Waals surface area contributed by atoms with Crippen LogP contribution in [0, 0.1) is 0 Å². The fourth-order valence-corrected chi connectivity index (χ4v) is 6.18. The van der Waals surface area contributed by atoms with E-state index in [-0.39, 0.29) is 12.2 Å². The lowest BCUT2D eigenvalue weighted by Gasteiger charge is -2.25. The molecule has 1 aliphatic heterocycles. The first-order valence-electron chi connectivity index (χ1n) is 13.6. The third-order valence-corrected chi connectivity index (χ3v) is 8.70. The van der Waals surface area contributed by atoms with Crippen LogP contribution in [0.1, 0.15) is 61.9 Å². The average Bonchev–Trinajstić information content (AvgIpc) is 3.27. The van der Waals surface area contributed by atoms with Gasteiger partial charge in [0.25, 0.3) is 5.56 Å². The van der Waals surface area contributed by atoms with Crippen LogP contribution in [0.15, 0.2) is 87.8 Å². The highest BCUT2D eigenvalue weighted by atomic mass is 35.5. The Morgan fingerprint density at radius 2 is 1.83 bits per heavy atom. The number of allylic oxidation sites excluding steroid dienone is 1. The van der Waals surface area contributed by atoms with Crippen LogP contribution in [-0.2, 0) is 16.1 Å². The van der Waals surface area contributed by atoms with Gasteiger partial charge in [-0.15, -0.1) is 0 Å². The number of hydrogen-bond acceptors (Lipinski definition) is 6. The Morgan fingerprint density at radius 1 is 1.07 bits per heavy atom. The first-order valence-corrected chi connectivity index (χ1v) is 15.2. The van der Waals surface area contributed by atoms with Gasteiger partial charge in [-0.2, -0.15) is 0 Å². The molecule has 0 radical (unpaired) electrons. The zero-order chi connectivity index (χ0) is 30.0. The van der Waals surface area contributed by atoms with Crippen molar-refractivity contribution < 1.29 is 14.3 Å². The van der Waals surface area contributed by atoms with Gasteiger partial charge in [0.05, 0.1) is 38.5 Å². The van der Waals surface area contributed by atoms with Crippen molar-refractivity contribution in [2.45, 2.75) is 46.3 Å². The van der Waals surface area contributed by atoms with E-state index in [0.29, 0.717) is 48.9 Å². The van der Waals surface area contributed by atoms with Crippen LogP contribution in [-0.4, -0.2) is 17.1 Å². The monoisotopic (exact) mass is 620 g/mol. The molecule has 0 N–H and O–H groups in total. The van der Waals surface area contributed by atoms with Crippen molar-refractivity contribution in [3.05, 3.63) is 130 Å². The summed E-state index contributed by atoms with van der Waals surface area (Å²) in [5, 5.41) is 0.959. The number of carbonyl (C=O) groups is 1. The number of hydrogen-bond donors (Lipinski definition) is 0. The molecule has 0 amide bonds. The molecule has 0 spiro atoms. The minimum Gasteiger partial charge on any atom is -0.489 e. The van der Waals surface area contributed by atoms with Gasteiger partial charge in [-0.1, -0.05) is 90.9 Å². The second-order valence-corrected chi connectivity index (χ2v) is 12.1. The Hall–Kier alpha value is -3.65. The molecule has 5 rings (SSSR count). The summed E-state index contributed by atoms with van der Waals surface area (Å²) in [6.45, 7) is 8.33. The van der Waals surface area contributed by atoms with Crippen LogP contribution in [0.4, 0.5) is 0 Å². The molecule has 0 bridgehead atoms. The lowest BCUT2D eigenvalue weighted by molar-refractivity contribution is -0.139. The number of fused-ring (bicyclic) bond motifs is 1. The van der Waals surface area contributed by atoms with Crippen molar-refractivity contribution in [1.29, 1.82) is 0 Å². The summed E-state index contributed by atoms with van der Waals surface area (Å²) in [5.74, 6) is 0.524. The number of carbonyl (C=O) groups excluding carboxylic acids is 1. The van der Waals surface area contributed by atoms with E-state index in [0.717, 1.165) is 16.7 Å². The summed E-state index contributed by atoms with van der Waals surface area (Å²) >= 11 is 13.4. The van der Waals surface area contributed by atoms with Crippen LogP contribution < -0.4 is 19.6 Å². The zero-order valence-electron chi connectivity index (χ0n) is 23.7. The fraction of sp³-hybridized carbons (Fsp3) is 0.242. The highest BCUT2D eigenvalue weighted by molar-refractivity contribution is 7.07. The molecule has 0 unspecified atom stereocenters. The smallest absolute Gasteiger partial charge is 0.338 e. The van der Waals surface area contributed by atoms with Gasteiger partial charge < -0.3 is 9.47 Å². The van der Waals surface area contributed by atoms with Gasteiger partial charge in [-0.25, -0.2) is 9.79 Å². The first kappa shape index (κ1) is 29.8. The maximum absolute atomic E-state index is 13.9. The van der Waals surface area contributed by atoms with Crippen LogP contribution in [0.5, 0.6) is 5.75 Å². The lowest BCUT2D eigenvalue weighted by Crippen LogP contribution is -2.39. The number of benzene rings is 3. The zero-order valence-corrected chi connectivity index (χ0v) is 26.0. The van der Waals surface area contributed by atoms with Crippen LogP contribution in [0.25, 0.3) is 6.08 Å². The Kier molecular flexibility index (Phi) is 9.02. The van der Waals surface area contributed by atoms with Gasteiger partial charge in [0.2, 0.25) is 0 Å². The number of esters is 1. The Balaban J connectivity index is 1.53. The molecule has 0 aliphatic carbocycles. The molecule has 216 valence electrons. The molecule has 1 atom stereocenters. The summed E-state index contributed by atoms with van der Waals surface area (Å²) < 4.78 is 13.5. The average molecular weight is 622 g/mol. The van der Waals surface area contributed by atoms with E-state index in [1.54, 1.807) is 30.5 Å². The summed E-state index contributed by atoms with van der Waals surface area (Å²) in [6.07, 6.45) is 1.82. The molecular formula is C33H30Cl2N2O4S. The van der Waals surface area contributed by atoms with Crippen LogP contribution >= 0.6 is 34.5 Å². The van der Waals surface area contributed by atoms with Crippen LogP contribution in [0.3, 0.4) is 0 Å². The van der Waals surface area contributed by atoms with E-state index in [4.69, 9.17) is 32.7 Å².